The smallest absolute Gasteiger partial charge is 0.306 e. The standard InChI is InChI=1S/C73H121NO8/c1-6-8-10-12-14-16-18-20-22-24-26-27-28-29-30-31-32-33-34-35-36-37-38-39-40-41-42-43-44-45-46-48-50-52-54-56-58-60-62-64-71(76)82-69(68-81-73(72(77)78)79-66-65-74(3,4)5)67-80-70(75)63-61-59-57-55-53-51-49-47-25-23-21-19-17-15-13-11-9-7-2/h8,10,14,16-17,19-20,22-23,25-27,29-30,32-33,35-36,38-39,41-42,69,73H,6-7,9,11-13,15,18,21,24,28,31,34,37,40,43-68H2,1-5H3/b10-8-,16-14-,19-17-,22-20-,25-23-,27-26-,30-29-,33-32-,36-35-,39-38-,42-41-. The topological polar surface area (TPSA) is 111 Å². The molecule has 0 bridgehead atoms. The third-order valence-electron chi connectivity index (χ3n) is 13.6. The molecule has 0 radical (unpaired) electrons. The molecule has 0 spiro atoms. The molecule has 0 saturated carbocycles. The maximum Gasteiger partial charge on any atom is 0.306 e. The van der Waals surface area contributed by atoms with E-state index in [1.807, 2.05) is 21.1 Å². The quantitative estimate of drug-likeness (QED) is 0.0195. The lowest BCUT2D eigenvalue weighted by Crippen LogP contribution is -2.44. The van der Waals surface area contributed by atoms with Crippen molar-refractivity contribution in [3.05, 3.63) is 134 Å². The summed E-state index contributed by atoms with van der Waals surface area (Å²) in [6, 6.07) is 0. The van der Waals surface area contributed by atoms with E-state index in [1.165, 1.54) is 96.3 Å². The first-order chi connectivity index (χ1) is 40.1. The molecular weight excluding hydrogens is 1020 g/mol. The number of ether oxygens (including phenoxy) is 4. The van der Waals surface area contributed by atoms with Crippen LogP contribution in [0.3, 0.4) is 0 Å². The molecule has 466 valence electrons. The van der Waals surface area contributed by atoms with E-state index in [0.29, 0.717) is 17.4 Å². The summed E-state index contributed by atoms with van der Waals surface area (Å²) in [6.07, 6.45) is 86.6. The molecule has 9 heteroatoms. The fraction of sp³-hybridized carbons (Fsp3) is 0.658. The van der Waals surface area contributed by atoms with E-state index in [2.05, 4.69) is 148 Å². The lowest BCUT2D eigenvalue weighted by molar-refractivity contribution is -0.870. The third kappa shape index (κ3) is 63.0. The summed E-state index contributed by atoms with van der Waals surface area (Å²) in [5.74, 6) is -2.30. The van der Waals surface area contributed by atoms with Gasteiger partial charge in [0.1, 0.15) is 13.2 Å². The average Bonchev–Trinajstić information content (AvgIpc) is 3.45. The summed E-state index contributed by atoms with van der Waals surface area (Å²) in [7, 11) is 5.91. The van der Waals surface area contributed by atoms with Crippen molar-refractivity contribution in [3.8, 4) is 0 Å². The highest BCUT2D eigenvalue weighted by molar-refractivity contribution is 5.70. The largest absolute Gasteiger partial charge is 0.545 e. The van der Waals surface area contributed by atoms with Gasteiger partial charge < -0.3 is 33.3 Å². The number of allylic oxidation sites excluding steroid dienone is 22. The van der Waals surface area contributed by atoms with Crippen LogP contribution in [0.15, 0.2) is 134 Å². The normalized spacial score (nSPS) is 13.6. The molecule has 0 aliphatic heterocycles. The fourth-order valence-corrected chi connectivity index (χ4v) is 8.62. The number of hydrogen-bond acceptors (Lipinski definition) is 8. The number of esters is 2. The number of hydrogen-bond donors (Lipinski definition) is 0. The van der Waals surface area contributed by atoms with Gasteiger partial charge in [0.15, 0.2) is 12.4 Å². The molecule has 0 aromatic heterocycles. The second-order valence-electron chi connectivity index (χ2n) is 22.7. The first kappa shape index (κ1) is 77.4. The molecule has 0 N–H and O–H groups in total. The predicted octanol–water partition coefficient (Wildman–Crippen LogP) is 18.8. The highest BCUT2D eigenvalue weighted by Gasteiger charge is 2.22. The SMILES string of the molecule is CC/C=C\C/C=C\C/C=C\C/C=C\C/C=C\C/C=C\C/C=C\C/C=C\C/C=C\CCCCCCCCCCCCCC(=O)OC(COC(=O)CCCCCCCCC/C=C\C/C=C\CCCCCC)COC(OCC[N+](C)(C)C)C(=O)[O-]. The van der Waals surface area contributed by atoms with Gasteiger partial charge in [0.2, 0.25) is 0 Å². The summed E-state index contributed by atoms with van der Waals surface area (Å²) in [5, 5.41) is 11.8. The fourth-order valence-electron chi connectivity index (χ4n) is 8.62. The van der Waals surface area contributed by atoms with Gasteiger partial charge in [0.25, 0.3) is 0 Å². The monoisotopic (exact) mass is 1140 g/mol. The van der Waals surface area contributed by atoms with Gasteiger partial charge in [-0.05, 0) is 116 Å². The maximum atomic E-state index is 12.9. The second-order valence-corrected chi connectivity index (χ2v) is 22.7. The predicted molar refractivity (Wildman–Crippen MR) is 347 cm³/mol. The third-order valence-corrected chi connectivity index (χ3v) is 13.6. The molecule has 2 atom stereocenters. The van der Waals surface area contributed by atoms with Gasteiger partial charge in [-0.3, -0.25) is 9.59 Å². The number of carboxylic acids is 1. The number of carbonyl (C=O) groups excluding carboxylic acids is 3. The van der Waals surface area contributed by atoms with E-state index in [4.69, 9.17) is 18.9 Å². The minimum Gasteiger partial charge on any atom is -0.545 e. The molecule has 0 saturated heterocycles. The molecule has 0 rings (SSSR count). The summed E-state index contributed by atoms with van der Waals surface area (Å²) in [5.41, 5.74) is 0. The average molecular weight is 1140 g/mol. The Morgan fingerprint density at radius 2 is 0.695 bits per heavy atom. The minimum absolute atomic E-state index is 0.140. The Bertz CT molecular complexity index is 1810. The zero-order valence-corrected chi connectivity index (χ0v) is 53.1. The number of quaternary nitrogens is 1. The molecule has 9 nitrogen and oxygen atoms in total. The first-order valence-corrected chi connectivity index (χ1v) is 32.8. The number of rotatable bonds is 59. The summed E-state index contributed by atoms with van der Waals surface area (Å²) in [4.78, 5) is 37.4. The van der Waals surface area contributed by atoms with Gasteiger partial charge in [-0.2, -0.15) is 0 Å². The van der Waals surface area contributed by atoms with Crippen LogP contribution in [0.5, 0.6) is 0 Å². The van der Waals surface area contributed by atoms with Crippen molar-refractivity contribution in [1.29, 1.82) is 0 Å². The molecule has 0 aromatic rings. The number of unbranched alkanes of at least 4 members (excludes halogenated alkanes) is 22. The van der Waals surface area contributed by atoms with Gasteiger partial charge >= 0.3 is 11.9 Å². The van der Waals surface area contributed by atoms with Crippen molar-refractivity contribution >= 4 is 17.9 Å². The number of aliphatic carboxylic acids is 1. The van der Waals surface area contributed by atoms with Crippen molar-refractivity contribution in [2.75, 3.05) is 47.5 Å². The Kier molecular flexibility index (Phi) is 59.0. The van der Waals surface area contributed by atoms with Crippen LogP contribution in [0.1, 0.15) is 251 Å². The Hall–Kier alpha value is -4.57. The Morgan fingerprint density at radius 3 is 1.04 bits per heavy atom. The molecule has 0 aliphatic carbocycles. The molecule has 0 amide bonds. The van der Waals surface area contributed by atoms with E-state index in [9.17, 15) is 19.5 Å². The van der Waals surface area contributed by atoms with E-state index in [0.717, 1.165) is 122 Å². The van der Waals surface area contributed by atoms with Crippen LogP contribution in [-0.2, 0) is 33.3 Å². The molecule has 0 aliphatic rings. The van der Waals surface area contributed by atoms with Crippen LogP contribution in [0.4, 0.5) is 0 Å². The van der Waals surface area contributed by atoms with E-state index in [1.54, 1.807) is 0 Å². The van der Waals surface area contributed by atoms with Crippen molar-refractivity contribution in [2.24, 2.45) is 0 Å². The number of nitrogens with zero attached hydrogens (tertiary/aromatic N) is 1. The molecular formula is C73H121NO8. The number of carbonyl (C=O) groups is 3. The molecule has 82 heavy (non-hydrogen) atoms. The second kappa shape index (κ2) is 62.5. The van der Waals surface area contributed by atoms with Crippen LogP contribution in [0.25, 0.3) is 0 Å². The number of likely N-dealkylation sites (N-methyl/N-ethyl adjacent to an activating group) is 1. The van der Waals surface area contributed by atoms with Crippen molar-refractivity contribution in [1.82, 2.24) is 0 Å². The molecule has 0 fully saturated rings. The lowest BCUT2D eigenvalue weighted by Gasteiger charge is -2.26. The summed E-state index contributed by atoms with van der Waals surface area (Å²) >= 11 is 0. The van der Waals surface area contributed by atoms with Gasteiger partial charge in [0, 0.05) is 12.8 Å². The summed E-state index contributed by atoms with van der Waals surface area (Å²) in [6.45, 7) is 4.60. The van der Waals surface area contributed by atoms with Gasteiger partial charge in [-0.25, -0.2) is 0 Å². The van der Waals surface area contributed by atoms with Crippen molar-refractivity contribution in [3.63, 3.8) is 0 Å². The zero-order chi connectivity index (χ0) is 59.8. The van der Waals surface area contributed by atoms with Crippen molar-refractivity contribution < 1.29 is 42.9 Å². The van der Waals surface area contributed by atoms with Gasteiger partial charge in [-0.15, -0.1) is 0 Å². The van der Waals surface area contributed by atoms with E-state index >= 15 is 0 Å². The van der Waals surface area contributed by atoms with Gasteiger partial charge in [0.05, 0.1) is 40.3 Å². The van der Waals surface area contributed by atoms with Gasteiger partial charge in [-0.1, -0.05) is 257 Å². The first-order valence-electron chi connectivity index (χ1n) is 32.8. The summed E-state index contributed by atoms with van der Waals surface area (Å²) < 4.78 is 22.7. The highest BCUT2D eigenvalue weighted by Crippen LogP contribution is 2.15. The Morgan fingerprint density at radius 1 is 0.378 bits per heavy atom. The van der Waals surface area contributed by atoms with E-state index in [-0.39, 0.29) is 38.6 Å². The van der Waals surface area contributed by atoms with Crippen molar-refractivity contribution in [2.45, 2.75) is 264 Å². The lowest BCUT2D eigenvalue weighted by atomic mass is 10.0. The van der Waals surface area contributed by atoms with Crippen LogP contribution >= 0.6 is 0 Å². The molecule has 0 aromatic carbocycles. The molecule has 0 heterocycles. The van der Waals surface area contributed by atoms with Crippen LogP contribution in [0.2, 0.25) is 0 Å². The molecule has 2 unspecified atom stereocenters. The minimum atomic E-state index is -1.63. The van der Waals surface area contributed by atoms with Crippen LogP contribution in [0, 0.1) is 0 Å². The van der Waals surface area contributed by atoms with E-state index < -0.39 is 24.3 Å². The number of carboxylic acid groups (broad SMARTS) is 1. The highest BCUT2D eigenvalue weighted by atomic mass is 16.7. The van der Waals surface area contributed by atoms with Crippen LogP contribution < -0.4 is 5.11 Å². The zero-order valence-electron chi connectivity index (χ0n) is 53.1. The Balaban J connectivity index is 4.16. The van der Waals surface area contributed by atoms with Crippen LogP contribution in [-0.4, -0.2) is 82.3 Å². The maximum absolute atomic E-state index is 12.9. The Labute approximate surface area is 503 Å².